The Morgan fingerprint density at radius 1 is 1.53 bits per heavy atom. The van der Waals surface area contributed by atoms with Crippen LogP contribution >= 0.6 is 0 Å². The Labute approximate surface area is 85.2 Å². The van der Waals surface area contributed by atoms with Gasteiger partial charge >= 0.3 is 5.97 Å². The lowest BCUT2D eigenvalue weighted by molar-refractivity contribution is 0.0697. The van der Waals surface area contributed by atoms with Gasteiger partial charge in [0.2, 0.25) is 0 Å². The third kappa shape index (κ3) is 2.31. The fraction of sp³-hybridized carbons (Fsp3) is 0. The number of oxime groups is 1. The Morgan fingerprint density at radius 3 is 2.73 bits per heavy atom. The lowest BCUT2D eigenvalue weighted by atomic mass is 10.1. The van der Waals surface area contributed by atoms with Gasteiger partial charge in [0.15, 0.2) is 0 Å². The van der Waals surface area contributed by atoms with Crippen LogP contribution in [0.15, 0.2) is 23.4 Å². The van der Waals surface area contributed by atoms with Gasteiger partial charge in [0.05, 0.1) is 17.5 Å². The van der Waals surface area contributed by atoms with E-state index >= 15 is 0 Å². The minimum Gasteiger partial charge on any atom is -0.478 e. The molecule has 0 spiro atoms. The summed E-state index contributed by atoms with van der Waals surface area (Å²) in [5, 5.41) is 27.1. The zero-order valence-corrected chi connectivity index (χ0v) is 7.64. The summed E-state index contributed by atoms with van der Waals surface area (Å²) in [7, 11) is 0. The number of nitrogens with zero attached hydrogens (tertiary/aromatic N) is 1. The average molecular weight is 207 g/mol. The molecule has 78 valence electrons. The highest BCUT2D eigenvalue weighted by Gasteiger charge is 2.09. The van der Waals surface area contributed by atoms with Crippen molar-refractivity contribution in [1.29, 1.82) is 5.41 Å². The summed E-state index contributed by atoms with van der Waals surface area (Å²) in [6.07, 6.45) is 0.872. The summed E-state index contributed by atoms with van der Waals surface area (Å²) in [5.74, 6) is -1.11. The first-order chi connectivity index (χ1) is 7.06. The molecule has 0 heterocycles. The molecule has 0 aliphatic carbocycles. The Kier molecular flexibility index (Phi) is 3.02. The fourth-order valence-electron chi connectivity index (χ4n) is 1.05. The lowest BCUT2D eigenvalue weighted by Gasteiger charge is -2.04. The van der Waals surface area contributed by atoms with Gasteiger partial charge in [-0.05, 0) is 18.2 Å². The molecule has 0 unspecified atom stereocenters. The molecular weight excluding hydrogens is 198 g/mol. The van der Waals surface area contributed by atoms with E-state index < -0.39 is 5.97 Å². The van der Waals surface area contributed by atoms with Crippen LogP contribution in [0.4, 0.5) is 5.69 Å². The second-order valence-corrected chi connectivity index (χ2v) is 2.77. The molecule has 0 aromatic heterocycles. The summed E-state index contributed by atoms with van der Waals surface area (Å²) in [5.41, 5.74) is 5.88. The van der Waals surface area contributed by atoms with Gasteiger partial charge in [0.25, 0.3) is 0 Å². The quantitative estimate of drug-likeness (QED) is 0.253. The van der Waals surface area contributed by atoms with E-state index in [-0.39, 0.29) is 22.5 Å². The number of carboxylic acid groups (broad SMARTS) is 1. The molecule has 6 nitrogen and oxygen atoms in total. The fourth-order valence-corrected chi connectivity index (χ4v) is 1.05. The van der Waals surface area contributed by atoms with Crippen molar-refractivity contribution >= 4 is 23.6 Å². The molecule has 1 aromatic carbocycles. The van der Waals surface area contributed by atoms with E-state index in [1.165, 1.54) is 18.2 Å². The Balaban J connectivity index is 3.22. The van der Waals surface area contributed by atoms with E-state index in [1.54, 1.807) is 0 Å². The SMILES string of the molecule is N=C(/C=N\O)c1cc(C(=O)O)ccc1N. The number of hydrogen-bond acceptors (Lipinski definition) is 5. The van der Waals surface area contributed by atoms with Crippen molar-refractivity contribution in [3.05, 3.63) is 29.3 Å². The number of aromatic carboxylic acids is 1. The summed E-state index contributed by atoms with van der Waals surface area (Å²) in [6, 6.07) is 3.98. The number of nitrogens with two attached hydrogens (primary N) is 1. The smallest absolute Gasteiger partial charge is 0.335 e. The number of carbonyl (C=O) groups is 1. The maximum absolute atomic E-state index is 10.7. The van der Waals surface area contributed by atoms with E-state index in [0.717, 1.165) is 6.21 Å². The van der Waals surface area contributed by atoms with Gasteiger partial charge in [0.1, 0.15) is 0 Å². The van der Waals surface area contributed by atoms with Gasteiger partial charge in [-0.2, -0.15) is 0 Å². The van der Waals surface area contributed by atoms with E-state index in [4.69, 9.17) is 21.5 Å². The molecule has 6 heteroatoms. The third-order valence-electron chi connectivity index (χ3n) is 1.78. The largest absolute Gasteiger partial charge is 0.478 e. The molecule has 0 bridgehead atoms. The first-order valence-corrected chi connectivity index (χ1v) is 3.95. The predicted molar refractivity (Wildman–Crippen MR) is 54.9 cm³/mol. The Morgan fingerprint density at radius 2 is 2.20 bits per heavy atom. The maximum Gasteiger partial charge on any atom is 0.335 e. The van der Waals surface area contributed by atoms with Crippen LogP contribution in [-0.2, 0) is 0 Å². The summed E-state index contributed by atoms with van der Waals surface area (Å²) >= 11 is 0. The molecule has 1 rings (SSSR count). The van der Waals surface area contributed by atoms with Crippen LogP contribution in [0.25, 0.3) is 0 Å². The molecule has 0 saturated heterocycles. The standard InChI is InChI=1S/C9H9N3O3/c10-7-2-1-5(9(13)14)3-6(7)8(11)4-12-15/h1-4,11,15H,10H2,(H,13,14)/b11-8?,12-4-. The highest BCUT2D eigenvalue weighted by Crippen LogP contribution is 2.14. The molecule has 0 atom stereocenters. The highest BCUT2D eigenvalue weighted by atomic mass is 16.4. The van der Waals surface area contributed by atoms with Gasteiger partial charge in [-0.15, -0.1) is 0 Å². The third-order valence-corrected chi connectivity index (χ3v) is 1.78. The van der Waals surface area contributed by atoms with Crippen molar-refractivity contribution in [3.8, 4) is 0 Å². The zero-order valence-electron chi connectivity index (χ0n) is 7.64. The molecular formula is C9H9N3O3. The number of rotatable bonds is 3. The predicted octanol–water partition coefficient (Wildman–Crippen LogP) is 0.795. The van der Waals surface area contributed by atoms with Gasteiger partial charge < -0.3 is 16.0 Å². The summed E-state index contributed by atoms with van der Waals surface area (Å²) < 4.78 is 0. The second-order valence-electron chi connectivity index (χ2n) is 2.77. The molecule has 0 saturated carbocycles. The van der Waals surface area contributed by atoms with Crippen molar-refractivity contribution < 1.29 is 15.1 Å². The molecule has 5 N–H and O–H groups in total. The molecule has 0 aliphatic heterocycles. The number of benzene rings is 1. The number of anilines is 1. The molecule has 0 fully saturated rings. The average Bonchev–Trinajstić information content (AvgIpc) is 2.18. The van der Waals surface area contributed by atoms with Crippen LogP contribution < -0.4 is 5.73 Å². The van der Waals surface area contributed by atoms with Crippen molar-refractivity contribution in [1.82, 2.24) is 0 Å². The number of nitrogen functional groups attached to an aromatic ring is 1. The maximum atomic E-state index is 10.7. The van der Waals surface area contributed by atoms with E-state index in [2.05, 4.69) is 5.16 Å². The van der Waals surface area contributed by atoms with Gasteiger partial charge in [0, 0.05) is 11.3 Å². The lowest BCUT2D eigenvalue weighted by Crippen LogP contribution is -2.07. The Bertz CT molecular complexity index is 440. The second kappa shape index (κ2) is 4.23. The summed E-state index contributed by atoms with van der Waals surface area (Å²) in [4.78, 5) is 10.7. The van der Waals surface area contributed by atoms with Gasteiger partial charge in [-0.1, -0.05) is 5.16 Å². The first kappa shape index (κ1) is 10.7. The molecule has 0 aliphatic rings. The van der Waals surface area contributed by atoms with Crippen LogP contribution in [0.1, 0.15) is 15.9 Å². The highest BCUT2D eigenvalue weighted by molar-refractivity contribution is 6.38. The van der Waals surface area contributed by atoms with Crippen molar-refractivity contribution in [2.75, 3.05) is 5.73 Å². The minimum absolute atomic E-state index is 0.0234. The van der Waals surface area contributed by atoms with Crippen molar-refractivity contribution in [3.63, 3.8) is 0 Å². The minimum atomic E-state index is -1.11. The van der Waals surface area contributed by atoms with Crippen LogP contribution in [0.5, 0.6) is 0 Å². The van der Waals surface area contributed by atoms with E-state index in [9.17, 15) is 4.79 Å². The van der Waals surface area contributed by atoms with Crippen molar-refractivity contribution in [2.24, 2.45) is 5.16 Å². The number of nitrogens with one attached hydrogen (secondary N) is 1. The van der Waals surface area contributed by atoms with Crippen LogP contribution in [0.2, 0.25) is 0 Å². The normalized spacial score (nSPS) is 10.4. The van der Waals surface area contributed by atoms with Crippen LogP contribution in [0.3, 0.4) is 0 Å². The van der Waals surface area contributed by atoms with E-state index in [1.807, 2.05) is 0 Å². The molecule has 0 radical (unpaired) electrons. The topological polar surface area (TPSA) is 120 Å². The molecule has 0 amide bonds. The zero-order chi connectivity index (χ0) is 11.4. The number of carboxylic acids is 1. The number of hydrogen-bond donors (Lipinski definition) is 4. The molecule has 15 heavy (non-hydrogen) atoms. The first-order valence-electron chi connectivity index (χ1n) is 3.95. The van der Waals surface area contributed by atoms with Crippen molar-refractivity contribution in [2.45, 2.75) is 0 Å². The van der Waals surface area contributed by atoms with Crippen LogP contribution in [0, 0.1) is 5.41 Å². The molecule has 1 aromatic rings. The summed E-state index contributed by atoms with van der Waals surface area (Å²) in [6.45, 7) is 0. The van der Waals surface area contributed by atoms with Crippen LogP contribution in [-0.4, -0.2) is 28.2 Å². The van der Waals surface area contributed by atoms with Gasteiger partial charge in [-0.3, -0.25) is 5.41 Å². The van der Waals surface area contributed by atoms with E-state index in [0.29, 0.717) is 0 Å². The monoisotopic (exact) mass is 207 g/mol. The van der Waals surface area contributed by atoms with Gasteiger partial charge in [-0.25, -0.2) is 4.79 Å². The Hall–Kier alpha value is -2.37.